The van der Waals surface area contributed by atoms with Crippen LogP contribution < -0.4 is 0 Å². The maximum absolute atomic E-state index is 13.8. The summed E-state index contributed by atoms with van der Waals surface area (Å²) in [5, 5.41) is 6.87. The quantitative estimate of drug-likeness (QED) is 0.565. The molecule has 3 aromatic rings. The SMILES string of the molecule is CC1(C)C[C@@H]2C[C@@](C)(CN2C(=O)c2cn(-c3ccccc3)nc2-c2cccs2)C1. The minimum atomic E-state index is 0.127. The Morgan fingerprint density at radius 1 is 1.10 bits per heavy atom. The predicted octanol–water partition coefficient (Wildman–Crippen LogP) is 5.64. The first-order valence-electron chi connectivity index (χ1n) is 10.3. The van der Waals surface area contributed by atoms with Crippen LogP contribution in [0.4, 0.5) is 0 Å². The lowest BCUT2D eigenvalue weighted by Crippen LogP contribution is -2.37. The third kappa shape index (κ3) is 3.31. The molecule has 1 saturated carbocycles. The summed E-state index contributed by atoms with van der Waals surface area (Å²) >= 11 is 1.63. The van der Waals surface area contributed by atoms with E-state index in [-0.39, 0.29) is 16.7 Å². The Labute approximate surface area is 176 Å². The van der Waals surface area contributed by atoms with Gasteiger partial charge in [0.25, 0.3) is 5.91 Å². The Hall–Kier alpha value is -2.40. The molecular formula is C24H27N3OS. The Morgan fingerprint density at radius 2 is 1.90 bits per heavy atom. The highest BCUT2D eigenvalue weighted by atomic mass is 32.1. The van der Waals surface area contributed by atoms with Gasteiger partial charge in [-0.1, -0.05) is 45.0 Å². The van der Waals surface area contributed by atoms with Crippen molar-refractivity contribution in [3.63, 3.8) is 0 Å². The lowest BCUT2D eigenvalue weighted by Gasteiger charge is -2.39. The zero-order valence-corrected chi connectivity index (χ0v) is 18.1. The van der Waals surface area contributed by atoms with Gasteiger partial charge in [-0.25, -0.2) is 4.68 Å². The molecule has 1 amide bonds. The fourth-order valence-electron chi connectivity index (χ4n) is 5.69. The molecule has 2 aromatic heterocycles. The number of amides is 1. The van der Waals surface area contributed by atoms with Gasteiger partial charge in [-0.2, -0.15) is 5.10 Å². The van der Waals surface area contributed by atoms with E-state index >= 15 is 0 Å². The van der Waals surface area contributed by atoms with Gasteiger partial charge in [0.05, 0.1) is 16.1 Å². The fraction of sp³-hybridized carbons (Fsp3) is 0.417. The molecule has 0 unspecified atom stereocenters. The van der Waals surface area contributed by atoms with Crippen molar-refractivity contribution >= 4 is 17.2 Å². The van der Waals surface area contributed by atoms with Gasteiger partial charge < -0.3 is 4.90 Å². The summed E-state index contributed by atoms with van der Waals surface area (Å²) in [4.78, 5) is 17.0. The zero-order valence-electron chi connectivity index (χ0n) is 17.3. The molecular weight excluding hydrogens is 378 g/mol. The standard InChI is InChI=1S/C24H27N3OS/c1-23(2)12-18-13-24(3,15-23)16-26(18)22(28)19-14-27(17-8-5-4-6-9-17)25-21(19)20-10-7-11-29-20/h4-11,14,18H,12-13,15-16H2,1-3H3/t18-,24-/m1/s1. The van der Waals surface area contributed by atoms with Gasteiger partial charge >= 0.3 is 0 Å². The van der Waals surface area contributed by atoms with Crippen molar-refractivity contribution in [1.82, 2.24) is 14.7 Å². The average molecular weight is 406 g/mol. The molecule has 1 aliphatic carbocycles. The van der Waals surface area contributed by atoms with Crippen molar-refractivity contribution in [3.05, 3.63) is 59.6 Å². The number of para-hydroxylation sites is 1. The number of likely N-dealkylation sites (tertiary alicyclic amines) is 1. The summed E-state index contributed by atoms with van der Waals surface area (Å²) in [6.07, 6.45) is 5.29. The summed E-state index contributed by atoms with van der Waals surface area (Å²) < 4.78 is 1.84. The van der Waals surface area contributed by atoms with E-state index < -0.39 is 0 Å². The van der Waals surface area contributed by atoms with Crippen molar-refractivity contribution in [2.24, 2.45) is 10.8 Å². The van der Waals surface area contributed by atoms with E-state index in [0.29, 0.717) is 11.6 Å². The highest BCUT2D eigenvalue weighted by molar-refractivity contribution is 7.13. The van der Waals surface area contributed by atoms with E-state index in [1.165, 1.54) is 6.42 Å². The third-order valence-corrected chi connectivity index (χ3v) is 7.27. The normalized spacial score (nSPS) is 25.3. The van der Waals surface area contributed by atoms with Gasteiger partial charge in [0.1, 0.15) is 5.69 Å². The van der Waals surface area contributed by atoms with Crippen LogP contribution in [0, 0.1) is 10.8 Å². The van der Waals surface area contributed by atoms with Crippen LogP contribution in [0.1, 0.15) is 50.4 Å². The molecule has 0 N–H and O–H groups in total. The Balaban J connectivity index is 1.55. The minimum absolute atomic E-state index is 0.127. The van der Waals surface area contributed by atoms with Crippen molar-refractivity contribution in [2.45, 2.75) is 46.1 Å². The first-order chi connectivity index (χ1) is 13.8. The lowest BCUT2D eigenvalue weighted by molar-refractivity contribution is 0.0709. The summed E-state index contributed by atoms with van der Waals surface area (Å²) in [7, 11) is 0. The van der Waals surface area contributed by atoms with Crippen molar-refractivity contribution in [3.8, 4) is 16.3 Å². The molecule has 2 fully saturated rings. The topological polar surface area (TPSA) is 38.1 Å². The number of carbonyl (C=O) groups is 1. The van der Waals surface area contributed by atoms with E-state index in [9.17, 15) is 4.79 Å². The van der Waals surface area contributed by atoms with E-state index in [1.54, 1.807) is 11.3 Å². The molecule has 2 aliphatic rings. The minimum Gasteiger partial charge on any atom is -0.335 e. The number of hydrogen-bond donors (Lipinski definition) is 0. The molecule has 0 radical (unpaired) electrons. The van der Waals surface area contributed by atoms with Crippen LogP contribution >= 0.6 is 11.3 Å². The molecule has 29 heavy (non-hydrogen) atoms. The molecule has 150 valence electrons. The average Bonchev–Trinajstić information content (AvgIpc) is 3.38. The van der Waals surface area contributed by atoms with Crippen LogP contribution in [0.5, 0.6) is 0 Å². The summed E-state index contributed by atoms with van der Waals surface area (Å²) in [5.74, 6) is 0.127. The Morgan fingerprint density at radius 3 is 2.62 bits per heavy atom. The number of carbonyl (C=O) groups excluding carboxylic acids is 1. The maximum atomic E-state index is 13.8. The number of fused-ring (bicyclic) bond motifs is 2. The van der Waals surface area contributed by atoms with Gasteiger partial charge in [-0.15, -0.1) is 11.3 Å². The third-order valence-electron chi connectivity index (χ3n) is 6.40. The molecule has 2 bridgehead atoms. The Bertz CT molecular complexity index is 1040. The van der Waals surface area contributed by atoms with Gasteiger partial charge in [0.2, 0.25) is 0 Å². The predicted molar refractivity (Wildman–Crippen MR) is 117 cm³/mol. The second-order valence-corrected chi connectivity index (χ2v) is 10.7. The number of nitrogens with zero attached hydrogens (tertiary/aromatic N) is 3. The molecule has 1 aliphatic heterocycles. The number of benzene rings is 1. The lowest BCUT2D eigenvalue weighted by atomic mass is 9.65. The highest BCUT2D eigenvalue weighted by Gasteiger charge is 2.51. The van der Waals surface area contributed by atoms with E-state index in [1.807, 2.05) is 58.7 Å². The smallest absolute Gasteiger partial charge is 0.258 e. The summed E-state index contributed by atoms with van der Waals surface area (Å²) in [5.41, 5.74) is 2.99. The summed E-state index contributed by atoms with van der Waals surface area (Å²) in [6.45, 7) is 7.88. The highest BCUT2D eigenvalue weighted by Crippen LogP contribution is 2.52. The fourth-order valence-corrected chi connectivity index (χ4v) is 6.41. The van der Waals surface area contributed by atoms with Crippen LogP contribution in [0.25, 0.3) is 16.3 Å². The summed E-state index contributed by atoms with van der Waals surface area (Å²) in [6, 6.07) is 14.4. The maximum Gasteiger partial charge on any atom is 0.258 e. The molecule has 2 atom stereocenters. The first kappa shape index (κ1) is 18.6. The van der Waals surface area contributed by atoms with Gasteiger partial charge in [-0.05, 0) is 53.7 Å². The van der Waals surface area contributed by atoms with E-state index in [0.717, 1.165) is 35.6 Å². The van der Waals surface area contributed by atoms with Gasteiger partial charge in [0.15, 0.2) is 0 Å². The number of thiophene rings is 1. The van der Waals surface area contributed by atoms with Gasteiger partial charge in [0, 0.05) is 18.8 Å². The molecule has 1 saturated heterocycles. The van der Waals surface area contributed by atoms with Crippen LogP contribution in [-0.2, 0) is 0 Å². The number of rotatable bonds is 3. The first-order valence-corrected chi connectivity index (χ1v) is 11.2. The second kappa shape index (κ2) is 6.56. The van der Waals surface area contributed by atoms with Crippen molar-refractivity contribution in [2.75, 3.05) is 6.54 Å². The van der Waals surface area contributed by atoms with Gasteiger partial charge in [-0.3, -0.25) is 4.79 Å². The second-order valence-electron chi connectivity index (χ2n) is 9.80. The number of hydrogen-bond acceptors (Lipinski definition) is 3. The zero-order chi connectivity index (χ0) is 20.2. The molecule has 1 aromatic carbocycles. The van der Waals surface area contributed by atoms with Crippen LogP contribution in [0.2, 0.25) is 0 Å². The molecule has 3 heterocycles. The van der Waals surface area contributed by atoms with Crippen molar-refractivity contribution < 1.29 is 4.79 Å². The van der Waals surface area contributed by atoms with E-state index in [2.05, 4.69) is 25.7 Å². The molecule has 0 spiro atoms. The number of aromatic nitrogens is 2. The van der Waals surface area contributed by atoms with Crippen LogP contribution in [-0.4, -0.2) is 33.2 Å². The van der Waals surface area contributed by atoms with Crippen LogP contribution in [0.3, 0.4) is 0 Å². The molecule has 4 nitrogen and oxygen atoms in total. The van der Waals surface area contributed by atoms with Crippen molar-refractivity contribution in [1.29, 1.82) is 0 Å². The van der Waals surface area contributed by atoms with E-state index in [4.69, 9.17) is 5.10 Å². The molecule has 5 heteroatoms. The van der Waals surface area contributed by atoms with Crippen LogP contribution in [0.15, 0.2) is 54.0 Å². The largest absolute Gasteiger partial charge is 0.335 e. The Kier molecular flexibility index (Phi) is 4.21. The molecule has 5 rings (SSSR count). The monoisotopic (exact) mass is 405 g/mol.